The zero-order chi connectivity index (χ0) is 19.6. The van der Waals surface area contributed by atoms with Gasteiger partial charge < -0.3 is 0 Å². The molecule has 0 bridgehead atoms. The van der Waals surface area contributed by atoms with Crippen molar-refractivity contribution in [2.45, 2.75) is 63.1 Å². The SMILES string of the molecule is CCCCC[SiH]1CCC(c2ccc(/C=C/C#Cc3ccc(F)cc3)cc2)CC1. The second kappa shape index (κ2) is 11.0. The number of hydrogen-bond acceptors (Lipinski definition) is 0. The lowest BCUT2D eigenvalue weighted by molar-refractivity contribution is 0.603. The van der Waals surface area contributed by atoms with E-state index in [1.54, 1.807) is 18.2 Å². The molecule has 2 heteroatoms. The molecule has 1 aliphatic rings. The molecule has 0 amide bonds. The minimum absolute atomic E-state index is 0.228. The van der Waals surface area contributed by atoms with Crippen LogP contribution in [0.4, 0.5) is 4.39 Å². The molecule has 28 heavy (non-hydrogen) atoms. The molecule has 0 nitrogen and oxygen atoms in total. The van der Waals surface area contributed by atoms with Gasteiger partial charge in [0, 0.05) is 14.4 Å². The lowest BCUT2D eigenvalue weighted by Crippen LogP contribution is -2.20. The Balaban J connectivity index is 1.48. The van der Waals surface area contributed by atoms with Crippen LogP contribution in [-0.2, 0) is 0 Å². The molecule has 2 aromatic carbocycles. The third kappa shape index (κ3) is 6.50. The molecule has 0 spiro atoms. The summed E-state index contributed by atoms with van der Waals surface area (Å²) in [6.07, 6.45) is 11.0. The fourth-order valence-electron chi connectivity index (χ4n) is 4.14. The lowest BCUT2D eigenvalue weighted by Gasteiger charge is -2.28. The quantitative estimate of drug-likeness (QED) is 0.278. The average Bonchev–Trinajstić information content (AvgIpc) is 2.74. The monoisotopic (exact) mass is 390 g/mol. The number of unbranched alkanes of at least 4 members (excludes halogenated alkanes) is 2. The summed E-state index contributed by atoms with van der Waals surface area (Å²) >= 11 is 0. The van der Waals surface area contributed by atoms with Crippen LogP contribution in [0.3, 0.4) is 0 Å². The van der Waals surface area contributed by atoms with Crippen LogP contribution in [-0.4, -0.2) is 8.80 Å². The Morgan fingerprint density at radius 1 is 1.00 bits per heavy atom. The molecule has 0 aliphatic carbocycles. The van der Waals surface area contributed by atoms with Gasteiger partial charge in [-0.1, -0.05) is 80.4 Å². The number of allylic oxidation sites excluding steroid dienone is 1. The molecule has 1 heterocycles. The van der Waals surface area contributed by atoms with Gasteiger partial charge in [-0.15, -0.1) is 0 Å². The molecule has 2 aromatic rings. The summed E-state index contributed by atoms with van der Waals surface area (Å²) in [6, 6.07) is 19.9. The largest absolute Gasteiger partial charge is 0.207 e. The highest BCUT2D eigenvalue weighted by Gasteiger charge is 2.22. The molecular weight excluding hydrogens is 359 g/mol. The van der Waals surface area contributed by atoms with E-state index in [2.05, 4.69) is 43.0 Å². The van der Waals surface area contributed by atoms with Gasteiger partial charge in [0.15, 0.2) is 0 Å². The van der Waals surface area contributed by atoms with E-state index in [-0.39, 0.29) is 5.82 Å². The van der Waals surface area contributed by atoms with Crippen LogP contribution >= 0.6 is 0 Å². The van der Waals surface area contributed by atoms with Crippen molar-refractivity contribution >= 4 is 14.9 Å². The van der Waals surface area contributed by atoms with Gasteiger partial charge in [-0.05, 0) is 66.3 Å². The predicted octanol–water partition coefficient (Wildman–Crippen LogP) is 7.19. The molecule has 0 N–H and O–H groups in total. The van der Waals surface area contributed by atoms with Gasteiger partial charge in [-0.2, -0.15) is 0 Å². The number of rotatable bonds is 6. The van der Waals surface area contributed by atoms with E-state index in [4.69, 9.17) is 0 Å². The van der Waals surface area contributed by atoms with Crippen molar-refractivity contribution in [3.05, 3.63) is 77.1 Å². The summed E-state index contributed by atoms with van der Waals surface area (Å²) < 4.78 is 12.9. The van der Waals surface area contributed by atoms with Gasteiger partial charge in [-0.3, -0.25) is 0 Å². The molecule has 1 fully saturated rings. The van der Waals surface area contributed by atoms with Crippen LogP contribution in [0.25, 0.3) is 6.08 Å². The van der Waals surface area contributed by atoms with E-state index in [1.807, 2.05) is 12.2 Å². The van der Waals surface area contributed by atoms with E-state index < -0.39 is 8.80 Å². The molecular formula is C26H31FSi. The zero-order valence-electron chi connectivity index (χ0n) is 17.0. The van der Waals surface area contributed by atoms with Crippen molar-refractivity contribution in [3.63, 3.8) is 0 Å². The Morgan fingerprint density at radius 3 is 2.39 bits per heavy atom. The molecule has 146 valence electrons. The van der Waals surface area contributed by atoms with E-state index in [9.17, 15) is 4.39 Å². The Morgan fingerprint density at radius 2 is 1.71 bits per heavy atom. The smallest absolute Gasteiger partial charge is 0.123 e. The van der Waals surface area contributed by atoms with Crippen LogP contribution in [0.1, 0.15) is 61.6 Å². The first-order valence-corrected chi connectivity index (χ1v) is 13.2. The third-order valence-corrected chi connectivity index (χ3v) is 9.41. The summed E-state index contributed by atoms with van der Waals surface area (Å²) in [6.45, 7) is 2.30. The van der Waals surface area contributed by atoms with E-state index >= 15 is 0 Å². The van der Waals surface area contributed by atoms with Crippen molar-refractivity contribution in [2.24, 2.45) is 0 Å². The molecule has 0 unspecified atom stereocenters. The standard InChI is InChI=1S/C26H31FSi/c1-2-3-6-19-28-20-17-25(18-21-28)24-13-9-22(10-14-24)7-4-5-8-23-11-15-26(27)16-12-23/h4,7,9-16,25,28H,2-3,6,17-21H2,1H3/b7-4+. The Hall–Kier alpha value is -2.11. The topological polar surface area (TPSA) is 0 Å². The van der Waals surface area contributed by atoms with Gasteiger partial charge in [0.2, 0.25) is 0 Å². The van der Waals surface area contributed by atoms with E-state index in [0.29, 0.717) is 0 Å². The normalized spacial score (nSPS) is 19.4. The molecule has 0 saturated carbocycles. The Kier molecular flexibility index (Phi) is 8.12. The maximum atomic E-state index is 12.9. The van der Waals surface area contributed by atoms with E-state index in [0.717, 1.165) is 11.5 Å². The number of benzene rings is 2. The van der Waals surface area contributed by atoms with Crippen LogP contribution in [0.15, 0.2) is 54.6 Å². The van der Waals surface area contributed by atoms with Crippen LogP contribution < -0.4 is 0 Å². The fraction of sp³-hybridized carbons (Fsp3) is 0.385. The van der Waals surface area contributed by atoms with Gasteiger partial charge in [0.25, 0.3) is 0 Å². The van der Waals surface area contributed by atoms with Crippen molar-refractivity contribution in [3.8, 4) is 11.8 Å². The predicted molar refractivity (Wildman–Crippen MR) is 122 cm³/mol. The molecule has 1 saturated heterocycles. The first kappa shape index (κ1) is 20.6. The van der Waals surface area contributed by atoms with Gasteiger partial charge in [0.1, 0.15) is 5.82 Å². The zero-order valence-corrected chi connectivity index (χ0v) is 18.1. The Labute approximate surface area is 171 Å². The highest BCUT2D eigenvalue weighted by atomic mass is 28.3. The van der Waals surface area contributed by atoms with Crippen molar-refractivity contribution < 1.29 is 4.39 Å². The Bertz CT molecular complexity index is 800. The average molecular weight is 391 g/mol. The summed E-state index contributed by atoms with van der Waals surface area (Å²) in [5.74, 6) is 6.59. The van der Waals surface area contributed by atoms with Crippen LogP contribution in [0.5, 0.6) is 0 Å². The second-order valence-corrected chi connectivity index (χ2v) is 11.5. The van der Waals surface area contributed by atoms with Crippen molar-refractivity contribution in [2.75, 3.05) is 0 Å². The fourth-order valence-corrected chi connectivity index (χ4v) is 7.62. The molecule has 3 rings (SSSR count). The molecule has 0 radical (unpaired) electrons. The summed E-state index contributed by atoms with van der Waals surface area (Å²) in [5.41, 5.74) is 3.52. The molecule has 1 aliphatic heterocycles. The van der Waals surface area contributed by atoms with Gasteiger partial charge in [0.05, 0.1) is 0 Å². The first-order valence-electron chi connectivity index (χ1n) is 10.8. The lowest BCUT2D eigenvalue weighted by atomic mass is 9.93. The minimum Gasteiger partial charge on any atom is -0.207 e. The van der Waals surface area contributed by atoms with Gasteiger partial charge >= 0.3 is 0 Å². The van der Waals surface area contributed by atoms with Gasteiger partial charge in [-0.25, -0.2) is 4.39 Å². The van der Waals surface area contributed by atoms with Crippen LogP contribution in [0, 0.1) is 17.7 Å². The summed E-state index contributed by atoms with van der Waals surface area (Å²) in [7, 11) is -0.425. The van der Waals surface area contributed by atoms with Crippen molar-refractivity contribution in [1.82, 2.24) is 0 Å². The minimum atomic E-state index is -0.425. The maximum absolute atomic E-state index is 12.9. The highest BCUT2D eigenvalue weighted by molar-refractivity contribution is 6.59. The third-order valence-electron chi connectivity index (χ3n) is 5.89. The van der Waals surface area contributed by atoms with Crippen LogP contribution in [0.2, 0.25) is 18.1 Å². The molecule has 0 aromatic heterocycles. The highest BCUT2D eigenvalue weighted by Crippen LogP contribution is 2.35. The molecule has 0 atom stereocenters. The summed E-state index contributed by atoms with van der Waals surface area (Å²) in [5, 5.41) is 0. The number of halogens is 1. The maximum Gasteiger partial charge on any atom is 0.123 e. The van der Waals surface area contributed by atoms with E-state index in [1.165, 1.54) is 67.5 Å². The number of hydrogen-bond donors (Lipinski definition) is 0. The first-order chi connectivity index (χ1) is 13.7. The van der Waals surface area contributed by atoms with Crippen molar-refractivity contribution in [1.29, 1.82) is 0 Å². The summed E-state index contributed by atoms with van der Waals surface area (Å²) in [4.78, 5) is 0. The second-order valence-electron chi connectivity index (χ2n) is 7.99.